The molecule has 0 saturated heterocycles. The van der Waals surface area contributed by atoms with Crippen molar-refractivity contribution >= 4 is 10.9 Å². The van der Waals surface area contributed by atoms with Crippen molar-refractivity contribution in [2.24, 2.45) is 0 Å². The number of aromatic nitrogens is 1. The summed E-state index contributed by atoms with van der Waals surface area (Å²) in [4.78, 5) is 3.16. The van der Waals surface area contributed by atoms with Gasteiger partial charge in [0.05, 0.1) is 12.4 Å². The number of rotatable bonds is 2. The van der Waals surface area contributed by atoms with E-state index in [1.165, 1.54) is 0 Å². The minimum absolute atomic E-state index is 0.326. The molecule has 0 spiro atoms. The van der Waals surface area contributed by atoms with Crippen molar-refractivity contribution < 1.29 is 9.84 Å². The van der Waals surface area contributed by atoms with Crippen LogP contribution in [-0.4, -0.2) is 16.7 Å². The van der Waals surface area contributed by atoms with Crippen LogP contribution in [0.5, 0.6) is 5.75 Å². The van der Waals surface area contributed by atoms with Crippen LogP contribution in [-0.2, 0) is 11.2 Å². The SMILES string of the molecule is Oc1cccc2[nH]cc(CC3=CCCO3)c12. The van der Waals surface area contributed by atoms with E-state index >= 15 is 0 Å². The number of phenols is 1. The van der Waals surface area contributed by atoms with Crippen LogP contribution < -0.4 is 0 Å². The van der Waals surface area contributed by atoms with Crippen LogP contribution in [0.4, 0.5) is 0 Å². The number of nitrogens with one attached hydrogen (secondary N) is 1. The summed E-state index contributed by atoms with van der Waals surface area (Å²) in [6.45, 7) is 0.781. The molecule has 82 valence electrons. The van der Waals surface area contributed by atoms with E-state index in [0.717, 1.165) is 41.7 Å². The molecular formula is C13H13NO2. The lowest BCUT2D eigenvalue weighted by molar-refractivity contribution is 0.239. The lowest BCUT2D eigenvalue weighted by Gasteiger charge is -2.03. The van der Waals surface area contributed by atoms with E-state index in [9.17, 15) is 5.11 Å². The highest BCUT2D eigenvalue weighted by Gasteiger charge is 2.12. The average Bonchev–Trinajstić information content (AvgIpc) is 2.90. The Balaban J connectivity index is 2.03. The van der Waals surface area contributed by atoms with Gasteiger partial charge in [-0.2, -0.15) is 0 Å². The Morgan fingerprint density at radius 1 is 1.38 bits per heavy atom. The molecule has 3 rings (SSSR count). The maximum absolute atomic E-state index is 9.83. The number of aromatic amines is 1. The number of hydrogen-bond acceptors (Lipinski definition) is 2. The Bertz CT molecular complexity index is 554. The molecular weight excluding hydrogens is 202 g/mol. The van der Waals surface area contributed by atoms with E-state index < -0.39 is 0 Å². The summed E-state index contributed by atoms with van der Waals surface area (Å²) in [7, 11) is 0. The van der Waals surface area contributed by atoms with Gasteiger partial charge < -0.3 is 14.8 Å². The van der Waals surface area contributed by atoms with Crippen molar-refractivity contribution in [3.8, 4) is 5.75 Å². The maximum atomic E-state index is 9.83. The monoisotopic (exact) mass is 215 g/mol. The highest BCUT2D eigenvalue weighted by Crippen LogP contribution is 2.29. The second-order valence-electron chi connectivity index (χ2n) is 4.00. The molecule has 0 amide bonds. The Labute approximate surface area is 93.4 Å². The molecule has 0 aliphatic carbocycles. The predicted molar refractivity (Wildman–Crippen MR) is 62.3 cm³/mol. The first-order chi connectivity index (χ1) is 7.84. The number of hydrogen-bond donors (Lipinski definition) is 2. The molecule has 16 heavy (non-hydrogen) atoms. The number of H-pyrrole nitrogens is 1. The van der Waals surface area contributed by atoms with Crippen molar-refractivity contribution in [1.82, 2.24) is 4.98 Å². The van der Waals surface area contributed by atoms with Gasteiger partial charge in [-0.3, -0.25) is 0 Å². The van der Waals surface area contributed by atoms with E-state index in [1.807, 2.05) is 18.3 Å². The van der Waals surface area contributed by atoms with Gasteiger partial charge >= 0.3 is 0 Å². The van der Waals surface area contributed by atoms with Gasteiger partial charge in [0.2, 0.25) is 0 Å². The van der Waals surface area contributed by atoms with Crippen LogP contribution in [0.25, 0.3) is 10.9 Å². The average molecular weight is 215 g/mol. The van der Waals surface area contributed by atoms with Crippen LogP contribution in [0.15, 0.2) is 36.2 Å². The van der Waals surface area contributed by atoms with Crippen LogP contribution in [0.3, 0.4) is 0 Å². The second kappa shape index (κ2) is 3.59. The first-order valence-corrected chi connectivity index (χ1v) is 5.44. The van der Waals surface area contributed by atoms with Gasteiger partial charge in [-0.1, -0.05) is 6.07 Å². The molecule has 1 aliphatic rings. The molecule has 0 atom stereocenters. The largest absolute Gasteiger partial charge is 0.507 e. The minimum atomic E-state index is 0.326. The molecule has 2 N–H and O–H groups in total. The molecule has 0 radical (unpaired) electrons. The lowest BCUT2D eigenvalue weighted by atomic mass is 10.1. The van der Waals surface area contributed by atoms with Crippen molar-refractivity contribution in [1.29, 1.82) is 0 Å². The quantitative estimate of drug-likeness (QED) is 0.809. The molecule has 0 unspecified atom stereocenters. The number of fused-ring (bicyclic) bond motifs is 1. The number of aromatic hydroxyl groups is 1. The van der Waals surface area contributed by atoms with E-state index in [1.54, 1.807) is 6.07 Å². The highest BCUT2D eigenvalue weighted by atomic mass is 16.5. The number of phenolic OH excluding ortho intramolecular Hbond substituents is 1. The normalized spacial score (nSPS) is 15.1. The van der Waals surface area contributed by atoms with Crippen LogP contribution in [0, 0.1) is 0 Å². The van der Waals surface area contributed by atoms with Gasteiger partial charge in [0.1, 0.15) is 5.75 Å². The standard InChI is InChI=1S/C13H13NO2/c15-12-5-1-4-11-13(12)9(8-14-11)7-10-3-2-6-16-10/h1,3-5,8,14-15H,2,6-7H2. The molecule has 1 aliphatic heterocycles. The van der Waals surface area contributed by atoms with Gasteiger partial charge in [0, 0.05) is 29.9 Å². The zero-order valence-corrected chi connectivity index (χ0v) is 8.86. The van der Waals surface area contributed by atoms with Crippen molar-refractivity contribution in [3.63, 3.8) is 0 Å². The summed E-state index contributed by atoms with van der Waals surface area (Å²) < 4.78 is 5.48. The van der Waals surface area contributed by atoms with Gasteiger partial charge in [-0.25, -0.2) is 0 Å². The molecule has 0 saturated carbocycles. The number of allylic oxidation sites excluding steroid dienone is 1. The second-order valence-corrected chi connectivity index (χ2v) is 4.00. The fourth-order valence-electron chi connectivity index (χ4n) is 2.15. The van der Waals surface area contributed by atoms with Crippen molar-refractivity contribution in [3.05, 3.63) is 41.8 Å². The Morgan fingerprint density at radius 3 is 3.12 bits per heavy atom. The Morgan fingerprint density at radius 2 is 2.31 bits per heavy atom. The summed E-state index contributed by atoms with van der Waals surface area (Å²) in [5.74, 6) is 1.33. The third-order valence-corrected chi connectivity index (χ3v) is 2.91. The molecule has 3 heteroatoms. The number of ether oxygens (including phenoxy) is 1. The summed E-state index contributed by atoms with van der Waals surface area (Å²) >= 11 is 0. The maximum Gasteiger partial charge on any atom is 0.125 e. The summed E-state index contributed by atoms with van der Waals surface area (Å²) in [6, 6.07) is 5.51. The van der Waals surface area contributed by atoms with E-state index in [-0.39, 0.29) is 0 Å². The smallest absolute Gasteiger partial charge is 0.125 e. The van der Waals surface area contributed by atoms with Crippen molar-refractivity contribution in [2.75, 3.05) is 6.61 Å². The summed E-state index contributed by atoms with van der Waals surface area (Å²) in [6.07, 6.45) is 5.78. The Hall–Kier alpha value is -1.90. The van der Waals surface area contributed by atoms with Crippen molar-refractivity contribution in [2.45, 2.75) is 12.8 Å². The van der Waals surface area contributed by atoms with Crippen LogP contribution >= 0.6 is 0 Å². The fraction of sp³-hybridized carbons (Fsp3) is 0.231. The van der Waals surface area contributed by atoms with E-state index in [2.05, 4.69) is 11.1 Å². The van der Waals surface area contributed by atoms with Gasteiger partial charge in [-0.05, 0) is 23.8 Å². The fourth-order valence-corrected chi connectivity index (χ4v) is 2.15. The first-order valence-electron chi connectivity index (χ1n) is 5.44. The zero-order chi connectivity index (χ0) is 11.0. The molecule has 0 bridgehead atoms. The molecule has 3 nitrogen and oxygen atoms in total. The van der Waals surface area contributed by atoms with Gasteiger partial charge in [0.15, 0.2) is 0 Å². The molecule has 2 heterocycles. The summed E-state index contributed by atoms with van der Waals surface area (Å²) in [5.41, 5.74) is 2.05. The first kappa shape index (κ1) is 9.33. The minimum Gasteiger partial charge on any atom is -0.507 e. The third-order valence-electron chi connectivity index (χ3n) is 2.91. The lowest BCUT2D eigenvalue weighted by Crippen LogP contribution is -1.90. The molecule has 1 aromatic heterocycles. The van der Waals surface area contributed by atoms with E-state index in [0.29, 0.717) is 5.75 Å². The third kappa shape index (κ3) is 1.45. The van der Waals surface area contributed by atoms with Gasteiger partial charge in [0.25, 0.3) is 0 Å². The highest BCUT2D eigenvalue weighted by molar-refractivity contribution is 5.89. The predicted octanol–water partition coefficient (Wildman–Crippen LogP) is 2.72. The molecule has 0 fully saturated rings. The van der Waals surface area contributed by atoms with Gasteiger partial charge in [-0.15, -0.1) is 0 Å². The molecule has 2 aromatic rings. The summed E-state index contributed by atoms with van der Waals surface area (Å²) in [5, 5.41) is 10.7. The molecule has 1 aromatic carbocycles. The zero-order valence-electron chi connectivity index (χ0n) is 8.86. The number of benzene rings is 1. The van der Waals surface area contributed by atoms with E-state index in [4.69, 9.17) is 4.74 Å². The van der Waals surface area contributed by atoms with Crippen LogP contribution in [0.1, 0.15) is 12.0 Å². The van der Waals surface area contributed by atoms with Crippen LogP contribution in [0.2, 0.25) is 0 Å². The topological polar surface area (TPSA) is 45.2 Å². The Kier molecular flexibility index (Phi) is 2.10.